The number of carbonyl (C=O) groups is 1. The fourth-order valence-corrected chi connectivity index (χ4v) is 3.05. The van der Waals surface area contributed by atoms with Gasteiger partial charge in [-0.05, 0) is 33.6 Å². The zero-order valence-corrected chi connectivity index (χ0v) is 19.3. The fraction of sp³-hybridized carbons (Fsp3) is 0.696. The van der Waals surface area contributed by atoms with Gasteiger partial charge in [0.25, 0.3) is 5.97 Å². The maximum atomic E-state index is 10.5. The molecule has 0 bridgehead atoms. The molecule has 0 saturated heterocycles. The Morgan fingerprint density at radius 1 is 0.700 bits per heavy atom. The molecule has 174 valence electrons. The number of rotatable bonds is 14. The average molecular weight is 429 g/mol. The van der Waals surface area contributed by atoms with Crippen LogP contribution in [-0.4, -0.2) is 41.1 Å². The molecule has 1 aromatic carbocycles. The number of hydrogen-bond acceptors (Lipinski definition) is 6. The molecule has 0 saturated carbocycles. The summed E-state index contributed by atoms with van der Waals surface area (Å²) in [5.41, 5.74) is 0.602. The third-order valence-corrected chi connectivity index (χ3v) is 4.31. The van der Waals surface area contributed by atoms with Gasteiger partial charge in [0.15, 0.2) is 11.5 Å². The lowest BCUT2D eigenvalue weighted by Gasteiger charge is -2.21. The van der Waals surface area contributed by atoms with E-state index in [1.165, 1.54) is 32.1 Å². The topological polar surface area (TPSA) is 105 Å². The number of hydrogen-bond donors (Lipinski definition) is 3. The molecule has 0 unspecified atom stereocenters. The second-order valence-corrected chi connectivity index (χ2v) is 6.85. The summed E-state index contributed by atoms with van der Waals surface area (Å²) in [6.45, 7) is 10.1. The zero-order chi connectivity index (χ0) is 22.9. The van der Waals surface area contributed by atoms with Gasteiger partial charge in [-0.2, -0.15) is 0 Å². The Kier molecular flexibility index (Phi) is 15.2. The van der Waals surface area contributed by atoms with Gasteiger partial charge in [0.1, 0.15) is 0 Å². The van der Waals surface area contributed by atoms with Crippen LogP contribution in [0.5, 0.6) is 28.7 Å². The van der Waals surface area contributed by atoms with Crippen molar-refractivity contribution in [2.24, 2.45) is 0 Å². The fourth-order valence-electron chi connectivity index (χ4n) is 3.05. The normalized spacial score (nSPS) is 10.2. The maximum Gasteiger partial charge on any atom is 0.300 e. The minimum atomic E-state index is -0.833. The van der Waals surface area contributed by atoms with Crippen LogP contribution in [0, 0.1) is 0 Å². The highest BCUT2D eigenvalue weighted by Gasteiger charge is 2.27. The second-order valence-electron chi connectivity index (χ2n) is 6.85. The smallest absolute Gasteiger partial charge is 0.300 e. The second kappa shape index (κ2) is 16.5. The highest BCUT2D eigenvalue weighted by molar-refractivity contribution is 5.69. The first kappa shape index (κ1) is 27.7. The molecule has 30 heavy (non-hydrogen) atoms. The van der Waals surface area contributed by atoms with Crippen LogP contribution in [0.3, 0.4) is 0 Å². The van der Waals surface area contributed by atoms with Crippen molar-refractivity contribution in [1.82, 2.24) is 0 Å². The first-order valence-corrected chi connectivity index (χ1v) is 11.0. The van der Waals surface area contributed by atoms with E-state index < -0.39 is 5.97 Å². The summed E-state index contributed by atoms with van der Waals surface area (Å²) in [5, 5.41) is 28.3. The van der Waals surface area contributed by atoms with Crippen molar-refractivity contribution in [2.75, 3.05) is 19.8 Å². The minimum absolute atomic E-state index is 0.151. The first-order chi connectivity index (χ1) is 14.3. The number of benzene rings is 1. The number of carboxylic acids is 1. The molecular weight excluding hydrogens is 388 g/mol. The Balaban J connectivity index is 0.00000192. The molecule has 0 aliphatic rings. The predicted molar refractivity (Wildman–Crippen MR) is 118 cm³/mol. The van der Waals surface area contributed by atoms with Gasteiger partial charge in [0.05, 0.1) is 19.8 Å². The summed E-state index contributed by atoms with van der Waals surface area (Å²) in [6.07, 6.45) is 8.91. The molecule has 0 aliphatic carbocycles. The monoisotopic (exact) mass is 428 g/mol. The van der Waals surface area contributed by atoms with Crippen molar-refractivity contribution in [2.45, 2.75) is 86.0 Å². The van der Waals surface area contributed by atoms with Crippen LogP contribution >= 0.6 is 0 Å². The average Bonchev–Trinajstić information content (AvgIpc) is 2.69. The molecule has 0 heterocycles. The van der Waals surface area contributed by atoms with E-state index in [9.17, 15) is 10.2 Å². The Hall–Kier alpha value is -2.31. The number of carboxylic acid groups (broad SMARTS) is 1. The van der Waals surface area contributed by atoms with Crippen molar-refractivity contribution in [3.05, 3.63) is 5.56 Å². The minimum Gasteiger partial charge on any atom is -0.504 e. The van der Waals surface area contributed by atoms with Crippen LogP contribution < -0.4 is 14.2 Å². The van der Waals surface area contributed by atoms with Crippen LogP contribution in [0.25, 0.3) is 0 Å². The molecule has 0 amide bonds. The number of ether oxygens (including phenoxy) is 3. The lowest BCUT2D eigenvalue weighted by molar-refractivity contribution is -0.134. The summed E-state index contributed by atoms with van der Waals surface area (Å²) in [5.74, 6) is -0.245. The zero-order valence-electron chi connectivity index (χ0n) is 19.3. The van der Waals surface area contributed by atoms with E-state index in [0.29, 0.717) is 43.3 Å². The van der Waals surface area contributed by atoms with Crippen LogP contribution in [0.15, 0.2) is 0 Å². The van der Waals surface area contributed by atoms with Gasteiger partial charge in [-0.15, -0.1) is 0 Å². The SMILES string of the molecule is CC(=O)O.CCCCCCCCCc1c(O)c(O)c(OCC)c(OCC)c1OCC. The van der Waals surface area contributed by atoms with Gasteiger partial charge in [0.2, 0.25) is 17.2 Å². The molecule has 0 spiro atoms. The Morgan fingerprint density at radius 3 is 1.63 bits per heavy atom. The lowest BCUT2D eigenvalue weighted by Crippen LogP contribution is -2.06. The molecule has 7 nitrogen and oxygen atoms in total. The Labute approximate surface area is 181 Å². The summed E-state index contributed by atoms with van der Waals surface area (Å²) in [6, 6.07) is 0. The van der Waals surface area contributed by atoms with E-state index in [0.717, 1.165) is 19.8 Å². The maximum absolute atomic E-state index is 10.5. The molecule has 3 N–H and O–H groups in total. The van der Waals surface area contributed by atoms with E-state index in [4.69, 9.17) is 24.1 Å². The largest absolute Gasteiger partial charge is 0.504 e. The number of phenolic OH excluding ortho intramolecular Hbond substituents is 2. The van der Waals surface area contributed by atoms with Crippen molar-refractivity contribution < 1.29 is 34.3 Å². The van der Waals surface area contributed by atoms with Crippen LogP contribution in [0.4, 0.5) is 0 Å². The molecule has 0 fully saturated rings. The molecule has 0 radical (unpaired) electrons. The molecule has 0 aromatic heterocycles. The summed E-state index contributed by atoms with van der Waals surface area (Å²) in [7, 11) is 0. The van der Waals surface area contributed by atoms with Crippen LogP contribution in [0.2, 0.25) is 0 Å². The van der Waals surface area contributed by atoms with Gasteiger partial charge in [-0.1, -0.05) is 45.4 Å². The molecule has 1 aromatic rings. The summed E-state index contributed by atoms with van der Waals surface area (Å²) >= 11 is 0. The van der Waals surface area contributed by atoms with Gasteiger partial charge < -0.3 is 29.5 Å². The van der Waals surface area contributed by atoms with Gasteiger partial charge in [-0.3, -0.25) is 4.79 Å². The molecular formula is C23H40O7. The van der Waals surface area contributed by atoms with E-state index in [2.05, 4.69) is 6.92 Å². The summed E-state index contributed by atoms with van der Waals surface area (Å²) < 4.78 is 17.0. The van der Waals surface area contributed by atoms with Crippen LogP contribution in [0.1, 0.15) is 85.1 Å². The Morgan fingerprint density at radius 2 is 1.13 bits per heavy atom. The predicted octanol–water partition coefficient (Wildman–Crippen LogP) is 5.68. The molecule has 7 heteroatoms. The van der Waals surface area contributed by atoms with Crippen molar-refractivity contribution >= 4 is 5.97 Å². The van der Waals surface area contributed by atoms with E-state index in [1.807, 2.05) is 20.8 Å². The molecule has 1 rings (SSSR count). The summed E-state index contributed by atoms with van der Waals surface area (Å²) in [4.78, 5) is 9.00. The standard InChI is InChI=1S/C21H36O5.C2H4O2/c1-5-9-10-11-12-13-14-15-16-17(22)18(23)20(25-7-3)21(26-8-4)19(16)24-6-2;1-2(3)4/h22-23H,5-15H2,1-4H3;1H3,(H,3,4). The number of aromatic hydroxyl groups is 2. The molecule has 0 atom stereocenters. The van der Waals surface area contributed by atoms with Crippen molar-refractivity contribution in [1.29, 1.82) is 0 Å². The van der Waals surface area contributed by atoms with E-state index in [1.54, 1.807) is 0 Å². The van der Waals surface area contributed by atoms with E-state index in [-0.39, 0.29) is 17.2 Å². The van der Waals surface area contributed by atoms with Crippen molar-refractivity contribution in [3.8, 4) is 28.7 Å². The van der Waals surface area contributed by atoms with Gasteiger partial charge >= 0.3 is 0 Å². The third-order valence-electron chi connectivity index (χ3n) is 4.31. The quantitative estimate of drug-likeness (QED) is 0.259. The Bertz CT molecular complexity index is 610. The highest BCUT2D eigenvalue weighted by atomic mass is 16.5. The lowest BCUT2D eigenvalue weighted by atomic mass is 10.0. The van der Waals surface area contributed by atoms with Gasteiger partial charge in [-0.25, -0.2) is 0 Å². The highest BCUT2D eigenvalue weighted by Crippen LogP contribution is 2.53. The van der Waals surface area contributed by atoms with E-state index >= 15 is 0 Å². The third kappa shape index (κ3) is 9.94. The number of aliphatic carboxylic acids is 1. The van der Waals surface area contributed by atoms with Crippen LogP contribution in [-0.2, 0) is 11.2 Å². The number of unbranched alkanes of at least 4 members (excludes halogenated alkanes) is 6. The van der Waals surface area contributed by atoms with Gasteiger partial charge in [0, 0.05) is 12.5 Å². The number of phenols is 2. The molecule has 0 aliphatic heterocycles. The van der Waals surface area contributed by atoms with Crippen molar-refractivity contribution in [3.63, 3.8) is 0 Å². The first-order valence-electron chi connectivity index (χ1n) is 11.0.